The van der Waals surface area contributed by atoms with Gasteiger partial charge in [0.15, 0.2) is 5.72 Å². The molecule has 2 heterocycles. The highest BCUT2D eigenvalue weighted by Crippen LogP contribution is 2.51. The maximum absolute atomic E-state index is 13.3. The molecule has 6 heteroatoms. The van der Waals surface area contributed by atoms with Crippen LogP contribution in [0.15, 0.2) is 59.1 Å². The molecule has 2 atom stereocenters. The lowest BCUT2D eigenvalue weighted by Gasteiger charge is -2.38. The van der Waals surface area contributed by atoms with Gasteiger partial charge >= 0.3 is 0 Å². The zero-order chi connectivity index (χ0) is 19.2. The summed E-state index contributed by atoms with van der Waals surface area (Å²) in [4.78, 5) is 14.3. The number of carbonyl (C=O) groups excluding carboxylic acids is 1. The summed E-state index contributed by atoms with van der Waals surface area (Å²) in [5.41, 5.74) is 1.37. The molecule has 0 aromatic heterocycles. The molecule has 2 aromatic carbocycles. The van der Waals surface area contributed by atoms with Gasteiger partial charge in [0.25, 0.3) is 0 Å². The highest BCUT2D eigenvalue weighted by molar-refractivity contribution is 8.03. The van der Waals surface area contributed by atoms with Crippen LogP contribution >= 0.6 is 11.8 Å². The first-order valence-corrected chi connectivity index (χ1v) is 9.57. The van der Waals surface area contributed by atoms with Crippen molar-refractivity contribution in [2.45, 2.75) is 25.0 Å². The van der Waals surface area contributed by atoms with Crippen LogP contribution in [0.3, 0.4) is 0 Å². The van der Waals surface area contributed by atoms with Crippen molar-refractivity contribution in [1.29, 1.82) is 5.26 Å². The number of aliphatic hydroxyl groups is 1. The van der Waals surface area contributed by atoms with E-state index in [-0.39, 0.29) is 23.9 Å². The first-order chi connectivity index (χ1) is 12.9. The van der Waals surface area contributed by atoms with Crippen molar-refractivity contribution in [3.8, 4) is 6.07 Å². The number of thioether (sulfide) groups is 1. The van der Waals surface area contributed by atoms with E-state index >= 15 is 0 Å². The van der Waals surface area contributed by atoms with Crippen LogP contribution in [0, 0.1) is 24.1 Å². The maximum Gasteiger partial charge on any atom is 0.231 e. The third kappa shape index (κ3) is 2.84. The van der Waals surface area contributed by atoms with Crippen LogP contribution in [0.25, 0.3) is 0 Å². The number of rotatable bonds is 2. The highest BCUT2D eigenvalue weighted by Gasteiger charge is 2.51. The summed E-state index contributed by atoms with van der Waals surface area (Å²) in [7, 11) is 0. The SMILES string of the molecule is Cc1ccc([C@]2(O)CSC3=C(C#N)[C@@H](c4ccc(F)cc4)CC(=O)N32)cc1. The third-order valence-corrected chi connectivity index (χ3v) is 6.32. The van der Waals surface area contributed by atoms with Gasteiger partial charge in [-0.2, -0.15) is 5.26 Å². The lowest BCUT2D eigenvalue weighted by Crippen LogP contribution is -2.48. The minimum absolute atomic E-state index is 0.0623. The zero-order valence-corrected chi connectivity index (χ0v) is 15.5. The van der Waals surface area contributed by atoms with Crippen molar-refractivity contribution in [2.24, 2.45) is 0 Å². The number of nitrogens with zero attached hydrogens (tertiary/aromatic N) is 2. The van der Waals surface area contributed by atoms with Crippen LogP contribution in [-0.4, -0.2) is 21.7 Å². The number of benzene rings is 2. The molecule has 0 unspecified atom stereocenters. The number of allylic oxidation sites excluding steroid dienone is 1. The monoisotopic (exact) mass is 380 g/mol. The van der Waals surface area contributed by atoms with Gasteiger partial charge in [-0.05, 0) is 24.6 Å². The Bertz CT molecular complexity index is 979. The van der Waals surface area contributed by atoms with Gasteiger partial charge in [-0.25, -0.2) is 4.39 Å². The number of carbonyl (C=O) groups is 1. The first-order valence-electron chi connectivity index (χ1n) is 8.59. The Balaban J connectivity index is 1.79. The largest absolute Gasteiger partial charge is 0.366 e. The van der Waals surface area contributed by atoms with Crippen LogP contribution in [0.5, 0.6) is 0 Å². The van der Waals surface area contributed by atoms with E-state index in [1.807, 2.05) is 31.2 Å². The standard InChI is InChI=1S/C21H17FN2O2S/c1-13-2-6-15(7-3-13)21(26)12-27-20-18(11-23)17(10-19(25)24(20)21)14-4-8-16(22)9-5-14/h2-9,17,26H,10,12H2,1H3/t17-,21-/m1/s1. The second kappa shape index (κ2) is 6.52. The summed E-state index contributed by atoms with van der Waals surface area (Å²) in [6.45, 7) is 1.95. The lowest BCUT2D eigenvalue weighted by molar-refractivity contribution is -0.149. The number of aryl methyl sites for hydroxylation is 1. The fraction of sp³-hybridized carbons (Fsp3) is 0.238. The Kier molecular flexibility index (Phi) is 4.29. The van der Waals surface area contributed by atoms with Crippen molar-refractivity contribution in [1.82, 2.24) is 4.90 Å². The normalized spacial score (nSPS) is 24.7. The fourth-order valence-electron chi connectivity index (χ4n) is 3.64. The fourth-order valence-corrected chi connectivity index (χ4v) is 5.00. The quantitative estimate of drug-likeness (QED) is 0.861. The summed E-state index contributed by atoms with van der Waals surface area (Å²) < 4.78 is 13.3. The van der Waals surface area contributed by atoms with E-state index in [2.05, 4.69) is 6.07 Å². The molecule has 4 rings (SSSR count). The Hall–Kier alpha value is -2.62. The highest BCUT2D eigenvalue weighted by atomic mass is 32.2. The molecule has 1 saturated heterocycles. The van der Waals surface area contributed by atoms with Crippen LogP contribution in [0.1, 0.15) is 29.0 Å². The Morgan fingerprint density at radius 1 is 1.22 bits per heavy atom. The summed E-state index contributed by atoms with van der Waals surface area (Å²) in [6.07, 6.45) is 0.0623. The van der Waals surface area contributed by atoms with E-state index in [1.165, 1.54) is 28.8 Å². The predicted molar refractivity (Wildman–Crippen MR) is 101 cm³/mol. The molecule has 27 heavy (non-hydrogen) atoms. The van der Waals surface area contributed by atoms with Gasteiger partial charge in [-0.1, -0.05) is 42.0 Å². The zero-order valence-electron chi connectivity index (χ0n) is 14.6. The molecule has 4 nitrogen and oxygen atoms in total. The second-order valence-corrected chi connectivity index (χ2v) is 7.80. The average molecular weight is 380 g/mol. The molecule has 2 aliphatic heterocycles. The molecule has 1 N–H and O–H groups in total. The first kappa shape index (κ1) is 17.8. The van der Waals surface area contributed by atoms with Crippen molar-refractivity contribution >= 4 is 17.7 Å². The molecule has 0 bridgehead atoms. The molecule has 1 fully saturated rings. The van der Waals surface area contributed by atoms with E-state index < -0.39 is 11.6 Å². The van der Waals surface area contributed by atoms with E-state index in [9.17, 15) is 19.6 Å². The van der Waals surface area contributed by atoms with Crippen molar-refractivity contribution in [2.75, 3.05) is 5.75 Å². The van der Waals surface area contributed by atoms with Crippen molar-refractivity contribution in [3.63, 3.8) is 0 Å². The van der Waals surface area contributed by atoms with Gasteiger partial charge in [0.1, 0.15) is 5.82 Å². The number of amides is 1. The maximum atomic E-state index is 13.3. The third-order valence-electron chi connectivity index (χ3n) is 5.10. The number of fused-ring (bicyclic) bond motifs is 1. The minimum Gasteiger partial charge on any atom is -0.366 e. The topological polar surface area (TPSA) is 64.3 Å². The van der Waals surface area contributed by atoms with Crippen LogP contribution in [-0.2, 0) is 10.5 Å². The lowest BCUT2D eigenvalue weighted by atomic mass is 9.85. The van der Waals surface area contributed by atoms with Gasteiger partial charge in [-0.15, -0.1) is 11.8 Å². The Morgan fingerprint density at radius 3 is 2.52 bits per heavy atom. The molecule has 0 spiro atoms. The van der Waals surface area contributed by atoms with Crippen LogP contribution in [0.2, 0.25) is 0 Å². The molecule has 1 amide bonds. The predicted octanol–water partition coefficient (Wildman–Crippen LogP) is 3.78. The van der Waals surface area contributed by atoms with Gasteiger partial charge in [-0.3, -0.25) is 9.69 Å². The minimum atomic E-state index is -1.47. The van der Waals surface area contributed by atoms with Gasteiger partial charge in [0.05, 0.1) is 22.4 Å². The average Bonchev–Trinajstić information content (AvgIpc) is 3.02. The second-order valence-electron chi connectivity index (χ2n) is 6.84. The van der Waals surface area contributed by atoms with Gasteiger partial charge in [0.2, 0.25) is 5.91 Å². The number of hydrogen-bond acceptors (Lipinski definition) is 4. The Morgan fingerprint density at radius 2 is 1.89 bits per heavy atom. The molecule has 0 aliphatic carbocycles. The molecule has 0 saturated carbocycles. The van der Waals surface area contributed by atoms with E-state index in [4.69, 9.17) is 0 Å². The molecule has 0 radical (unpaired) electrons. The van der Waals surface area contributed by atoms with Gasteiger partial charge in [0, 0.05) is 17.9 Å². The van der Waals surface area contributed by atoms with Crippen LogP contribution < -0.4 is 0 Å². The molecular weight excluding hydrogens is 363 g/mol. The van der Waals surface area contributed by atoms with Crippen molar-refractivity contribution < 1.29 is 14.3 Å². The summed E-state index contributed by atoms with van der Waals surface area (Å²) in [6, 6.07) is 15.5. The van der Waals surface area contributed by atoms with Crippen LogP contribution in [0.4, 0.5) is 4.39 Å². The van der Waals surface area contributed by atoms with E-state index in [0.29, 0.717) is 16.2 Å². The summed E-state index contributed by atoms with van der Waals surface area (Å²) in [5, 5.41) is 21.6. The summed E-state index contributed by atoms with van der Waals surface area (Å²) >= 11 is 1.31. The number of nitriles is 1. The van der Waals surface area contributed by atoms with E-state index in [1.54, 1.807) is 12.1 Å². The molecule has 2 aromatic rings. The Labute approximate surface area is 160 Å². The summed E-state index contributed by atoms with van der Waals surface area (Å²) in [5.74, 6) is -0.773. The van der Waals surface area contributed by atoms with E-state index in [0.717, 1.165) is 11.1 Å². The molecular formula is C21H17FN2O2S. The molecule has 2 aliphatic rings. The molecule has 136 valence electrons. The number of halogens is 1. The number of hydrogen-bond donors (Lipinski definition) is 1. The smallest absolute Gasteiger partial charge is 0.231 e. The van der Waals surface area contributed by atoms with Gasteiger partial charge < -0.3 is 5.11 Å². The van der Waals surface area contributed by atoms with Crippen molar-refractivity contribution in [3.05, 3.63) is 81.6 Å².